The van der Waals surface area contributed by atoms with Crippen LogP contribution in [0.25, 0.3) is 11.0 Å². The zero-order valence-corrected chi connectivity index (χ0v) is 11.7. The van der Waals surface area contributed by atoms with Crippen molar-refractivity contribution in [2.75, 3.05) is 6.54 Å². The summed E-state index contributed by atoms with van der Waals surface area (Å²) in [6, 6.07) is 4.38. The highest BCUT2D eigenvalue weighted by Gasteiger charge is 2.38. The van der Waals surface area contributed by atoms with Gasteiger partial charge in [-0.3, -0.25) is 4.79 Å². The first-order valence-corrected chi connectivity index (χ1v) is 7.22. The smallest absolute Gasteiger partial charge is 0.251 e. The highest BCUT2D eigenvalue weighted by Crippen LogP contribution is 2.29. The molecule has 0 bridgehead atoms. The summed E-state index contributed by atoms with van der Waals surface area (Å²) in [6.45, 7) is 0.392. The molecule has 1 fully saturated rings. The van der Waals surface area contributed by atoms with Crippen LogP contribution < -0.4 is 5.32 Å². The van der Waals surface area contributed by atoms with Crippen LogP contribution in [0.3, 0.4) is 0 Å². The number of hydrogen-bond donors (Lipinski definition) is 3. The molecule has 1 saturated carbocycles. The minimum atomic E-state index is -1.20. The number of rotatable bonds is 4. The van der Waals surface area contributed by atoms with Crippen LogP contribution in [-0.4, -0.2) is 33.1 Å². The first-order chi connectivity index (χ1) is 10.1. The van der Waals surface area contributed by atoms with Crippen molar-refractivity contribution in [2.24, 2.45) is 0 Å². The van der Waals surface area contributed by atoms with Crippen molar-refractivity contribution in [3.63, 3.8) is 0 Å². The Hall–Kier alpha value is -1.95. The number of aromatic amines is 1. The van der Waals surface area contributed by atoms with E-state index in [1.807, 2.05) is 0 Å². The fourth-order valence-electron chi connectivity index (χ4n) is 2.80. The van der Waals surface area contributed by atoms with Crippen LogP contribution in [0, 0.1) is 5.82 Å². The van der Waals surface area contributed by atoms with Crippen LogP contribution in [0.2, 0.25) is 0 Å². The second-order valence-corrected chi connectivity index (χ2v) is 5.59. The summed E-state index contributed by atoms with van der Waals surface area (Å²) >= 11 is 0. The average molecular weight is 291 g/mol. The summed E-state index contributed by atoms with van der Waals surface area (Å²) < 4.78 is 13.1. The van der Waals surface area contributed by atoms with Crippen LogP contribution in [-0.2, 0) is 11.2 Å². The van der Waals surface area contributed by atoms with Gasteiger partial charge in [0, 0.05) is 13.0 Å². The van der Waals surface area contributed by atoms with E-state index in [0.717, 1.165) is 12.8 Å². The van der Waals surface area contributed by atoms with E-state index >= 15 is 0 Å². The van der Waals surface area contributed by atoms with Gasteiger partial charge in [0.25, 0.3) is 5.91 Å². The Morgan fingerprint density at radius 1 is 1.43 bits per heavy atom. The number of benzene rings is 1. The third-order valence-corrected chi connectivity index (χ3v) is 3.99. The lowest BCUT2D eigenvalue weighted by atomic mass is 10.0. The van der Waals surface area contributed by atoms with Gasteiger partial charge in [0.05, 0.1) is 11.0 Å². The fourth-order valence-corrected chi connectivity index (χ4v) is 2.80. The number of halogens is 1. The normalized spacial score (nSPS) is 17.2. The molecule has 0 saturated heterocycles. The Bertz CT molecular complexity index is 662. The van der Waals surface area contributed by atoms with Crippen molar-refractivity contribution in [1.29, 1.82) is 0 Å². The van der Waals surface area contributed by atoms with E-state index in [-0.39, 0.29) is 11.7 Å². The summed E-state index contributed by atoms with van der Waals surface area (Å²) in [6.07, 6.45) is 3.35. The number of fused-ring (bicyclic) bond motifs is 1. The number of nitrogens with zero attached hydrogens (tertiary/aromatic N) is 1. The molecule has 3 rings (SSSR count). The maximum Gasteiger partial charge on any atom is 0.251 e. The van der Waals surface area contributed by atoms with E-state index in [0.29, 0.717) is 42.7 Å². The number of aliphatic hydroxyl groups is 1. The molecule has 1 aliphatic rings. The van der Waals surface area contributed by atoms with E-state index in [9.17, 15) is 14.3 Å². The molecule has 3 N–H and O–H groups in total. The Kier molecular flexibility index (Phi) is 3.63. The molecule has 112 valence electrons. The standard InChI is InChI=1S/C15H18FN3O2/c16-10-3-4-11-12(9-10)19-13(18-11)5-8-17-14(20)15(21)6-1-2-7-15/h3-4,9,21H,1-2,5-8H2,(H,17,20)(H,18,19). The van der Waals surface area contributed by atoms with E-state index < -0.39 is 5.60 Å². The molecule has 6 heteroatoms. The zero-order chi connectivity index (χ0) is 14.9. The van der Waals surface area contributed by atoms with E-state index in [1.165, 1.54) is 12.1 Å². The molecule has 0 aliphatic heterocycles. The topological polar surface area (TPSA) is 78.0 Å². The summed E-state index contributed by atoms with van der Waals surface area (Å²) in [5, 5.41) is 12.9. The van der Waals surface area contributed by atoms with Gasteiger partial charge in [-0.25, -0.2) is 9.37 Å². The summed E-state index contributed by atoms with van der Waals surface area (Å²) in [7, 11) is 0. The predicted molar refractivity (Wildman–Crippen MR) is 76.2 cm³/mol. The fraction of sp³-hybridized carbons (Fsp3) is 0.467. The highest BCUT2D eigenvalue weighted by atomic mass is 19.1. The number of aromatic nitrogens is 2. The minimum Gasteiger partial charge on any atom is -0.380 e. The van der Waals surface area contributed by atoms with Crippen LogP contribution >= 0.6 is 0 Å². The van der Waals surface area contributed by atoms with E-state index in [2.05, 4.69) is 15.3 Å². The molecule has 0 unspecified atom stereocenters. The first-order valence-electron chi connectivity index (χ1n) is 7.22. The lowest BCUT2D eigenvalue weighted by Gasteiger charge is -2.20. The van der Waals surface area contributed by atoms with Gasteiger partial charge in [-0.15, -0.1) is 0 Å². The van der Waals surface area contributed by atoms with Gasteiger partial charge in [0.1, 0.15) is 17.2 Å². The molecule has 1 heterocycles. The number of carbonyl (C=O) groups is 1. The number of nitrogens with one attached hydrogen (secondary N) is 2. The zero-order valence-electron chi connectivity index (χ0n) is 11.7. The molecule has 0 spiro atoms. The quantitative estimate of drug-likeness (QED) is 0.801. The molecule has 1 aromatic carbocycles. The SMILES string of the molecule is O=C(NCCc1nc2ccc(F)cc2[nH]1)C1(O)CCCC1. The van der Waals surface area contributed by atoms with Crippen LogP contribution in [0.5, 0.6) is 0 Å². The van der Waals surface area contributed by atoms with Crippen molar-refractivity contribution in [1.82, 2.24) is 15.3 Å². The molecule has 21 heavy (non-hydrogen) atoms. The Morgan fingerprint density at radius 3 is 2.95 bits per heavy atom. The van der Waals surface area contributed by atoms with Gasteiger partial charge in [-0.2, -0.15) is 0 Å². The van der Waals surface area contributed by atoms with Crippen molar-refractivity contribution >= 4 is 16.9 Å². The predicted octanol–water partition coefficient (Wildman–Crippen LogP) is 1.67. The molecule has 2 aromatic rings. The molecule has 1 aromatic heterocycles. The minimum absolute atomic E-state index is 0.304. The maximum atomic E-state index is 13.1. The lowest BCUT2D eigenvalue weighted by Crippen LogP contribution is -2.45. The van der Waals surface area contributed by atoms with Gasteiger partial charge < -0.3 is 15.4 Å². The lowest BCUT2D eigenvalue weighted by molar-refractivity contribution is -0.139. The third kappa shape index (κ3) is 2.90. The average Bonchev–Trinajstić information content (AvgIpc) is 3.05. The largest absolute Gasteiger partial charge is 0.380 e. The molecule has 1 aliphatic carbocycles. The van der Waals surface area contributed by atoms with Gasteiger partial charge in [0.2, 0.25) is 0 Å². The van der Waals surface area contributed by atoms with Crippen molar-refractivity contribution in [3.8, 4) is 0 Å². The molecular weight excluding hydrogens is 273 g/mol. The third-order valence-electron chi connectivity index (χ3n) is 3.99. The van der Waals surface area contributed by atoms with E-state index in [4.69, 9.17) is 0 Å². The van der Waals surface area contributed by atoms with Crippen molar-refractivity contribution < 1.29 is 14.3 Å². The van der Waals surface area contributed by atoms with Gasteiger partial charge in [-0.1, -0.05) is 0 Å². The Labute approximate surface area is 121 Å². The monoisotopic (exact) mass is 291 g/mol. The second-order valence-electron chi connectivity index (χ2n) is 5.59. The summed E-state index contributed by atoms with van der Waals surface area (Å²) in [5.41, 5.74) is 0.148. The first kappa shape index (κ1) is 14.0. The summed E-state index contributed by atoms with van der Waals surface area (Å²) in [4.78, 5) is 19.3. The molecule has 1 amide bonds. The Morgan fingerprint density at radius 2 is 2.19 bits per heavy atom. The van der Waals surface area contributed by atoms with Gasteiger partial charge in [-0.05, 0) is 43.9 Å². The van der Waals surface area contributed by atoms with Gasteiger partial charge in [0.15, 0.2) is 0 Å². The van der Waals surface area contributed by atoms with Crippen LogP contribution in [0.1, 0.15) is 31.5 Å². The second kappa shape index (κ2) is 5.44. The molecule has 0 atom stereocenters. The summed E-state index contributed by atoms with van der Waals surface area (Å²) in [5.74, 6) is 0.0749. The molecule has 0 radical (unpaired) electrons. The highest BCUT2D eigenvalue weighted by molar-refractivity contribution is 5.85. The molecular formula is C15H18FN3O2. The molecule has 5 nitrogen and oxygen atoms in total. The number of amides is 1. The van der Waals surface area contributed by atoms with E-state index in [1.54, 1.807) is 6.07 Å². The number of imidazole rings is 1. The maximum absolute atomic E-state index is 13.1. The number of hydrogen-bond acceptors (Lipinski definition) is 3. The number of carbonyl (C=O) groups excluding carboxylic acids is 1. The Balaban J connectivity index is 1.58. The van der Waals surface area contributed by atoms with Crippen molar-refractivity contribution in [2.45, 2.75) is 37.7 Å². The van der Waals surface area contributed by atoms with Crippen LogP contribution in [0.4, 0.5) is 4.39 Å². The van der Waals surface area contributed by atoms with Crippen LogP contribution in [0.15, 0.2) is 18.2 Å². The van der Waals surface area contributed by atoms with Crippen molar-refractivity contribution in [3.05, 3.63) is 29.8 Å². The number of H-pyrrole nitrogens is 1. The van der Waals surface area contributed by atoms with Gasteiger partial charge >= 0.3 is 0 Å².